The van der Waals surface area contributed by atoms with Gasteiger partial charge in [0, 0.05) is 16.6 Å². The summed E-state index contributed by atoms with van der Waals surface area (Å²) >= 11 is 3.39. The quantitative estimate of drug-likeness (QED) is 0.861. The van der Waals surface area contributed by atoms with Gasteiger partial charge in [-0.15, -0.1) is 0 Å². The molecule has 118 valence electrons. The normalized spacial score (nSPS) is 18.3. The molecule has 1 aliphatic carbocycles. The molecule has 0 aliphatic heterocycles. The van der Waals surface area contributed by atoms with E-state index in [9.17, 15) is 8.42 Å². The maximum atomic E-state index is 12.5. The van der Waals surface area contributed by atoms with E-state index in [0.717, 1.165) is 35.7 Å². The van der Waals surface area contributed by atoms with Gasteiger partial charge >= 0.3 is 0 Å². The van der Waals surface area contributed by atoms with Gasteiger partial charge in [0.15, 0.2) is 0 Å². The van der Waals surface area contributed by atoms with E-state index in [-0.39, 0.29) is 5.54 Å². The Bertz CT molecular complexity index is 608. The largest absolute Gasteiger partial charge is 0.302 e. The second-order valence-corrected chi connectivity index (χ2v) is 8.68. The van der Waals surface area contributed by atoms with Gasteiger partial charge in [-0.1, -0.05) is 28.8 Å². The molecule has 21 heavy (non-hydrogen) atoms. The second-order valence-electron chi connectivity index (χ2n) is 6.06. The number of nitrogens with zero attached hydrogens (tertiary/aromatic N) is 1. The van der Waals surface area contributed by atoms with Gasteiger partial charge in [0.1, 0.15) is 0 Å². The molecule has 0 amide bonds. The molecular formula is C15H23BrN2O2S. The molecule has 0 aromatic heterocycles. The van der Waals surface area contributed by atoms with Crippen LogP contribution in [-0.4, -0.2) is 39.5 Å². The van der Waals surface area contributed by atoms with E-state index in [2.05, 4.69) is 25.6 Å². The van der Waals surface area contributed by atoms with Gasteiger partial charge in [-0.3, -0.25) is 0 Å². The maximum absolute atomic E-state index is 12.5. The summed E-state index contributed by atoms with van der Waals surface area (Å²) in [5.41, 5.74) is 0.873. The van der Waals surface area contributed by atoms with Crippen molar-refractivity contribution in [3.8, 4) is 0 Å². The van der Waals surface area contributed by atoms with Crippen molar-refractivity contribution in [2.75, 3.05) is 20.6 Å². The number of halogens is 1. The molecule has 0 heterocycles. The lowest BCUT2D eigenvalue weighted by molar-refractivity contribution is 0.162. The van der Waals surface area contributed by atoms with Gasteiger partial charge in [0.25, 0.3) is 0 Å². The average Bonchev–Trinajstić information content (AvgIpc) is 2.90. The Morgan fingerprint density at radius 3 is 2.43 bits per heavy atom. The Morgan fingerprint density at radius 2 is 1.90 bits per heavy atom. The van der Waals surface area contributed by atoms with E-state index in [4.69, 9.17) is 0 Å². The highest BCUT2D eigenvalue weighted by Crippen LogP contribution is 2.33. The molecule has 4 nitrogen and oxygen atoms in total. The third-order valence-corrected chi connectivity index (χ3v) is 6.80. The Balaban J connectivity index is 2.15. The Hall–Kier alpha value is -0.430. The zero-order valence-electron chi connectivity index (χ0n) is 12.8. The molecule has 0 bridgehead atoms. The van der Waals surface area contributed by atoms with Crippen molar-refractivity contribution < 1.29 is 8.42 Å². The fraction of sp³-hybridized carbons (Fsp3) is 0.600. The van der Waals surface area contributed by atoms with Crippen molar-refractivity contribution in [1.82, 2.24) is 9.62 Å². The summed E-state index contributed by atoms with van der Waals surface area (Å²) in [6.07, 6.45) is 4.42. The molecule has 0 saturated heterocycles. The molecule has 0 unspecified atom stereocenters. The highest BCUT2D eigenvalue weighted by Gasteiger charge is 2.36. The predicted molar refractivity (Wildman–Crippen MR) is 89.0 cm³/mol. The topological polar surface area (TPSA) is 49.4 Å². The van der Waals surface area contributed by atoms with Crippen molar-refractivity contribution in [2.45, 2.75) is 43.0 Å². The first kappa shape index (κ1) is 16.9. The van der Waals surface area contributed by atoms with Crippen LogP contribution in [-0.2, 0) is 10.0 Å². The minimum Gasteiger partial charge on any atom is -0.302 e. The van der Waals surface area contributed by atoms with Crippen LogP contribution >= 0.6 is 15.9 Å². The lowest BCUT2D eigenvalue weighted by Crippen LogP contribution is -2.50. The van der Waals surface area contributed by atoms with Gasteiger partial charge < -0.3 is 4.90 Å². The Morgan fingerprint density at radius 1 is 1.29 bits per heavy atom. The number of sulfonamides is 1. The number of nitrogens with one attached hydrogen (secondary N) is 1. The van der Waals surface area contributed by atoms with Gasteiger partial charge in [-0.2, -0.15) is 0 Å². The van der Waals surface area contributed by atoms with Crippen LogP contribution in [0.1, 0.15) is 31.2 Å². The lowest BCUT2D eigenvalue weighted by atomic mass is 9.97. The van der Waals surface area contributed by atoms with E-state index in [1.54, 1.807) is 18.2 Å². The third-order valence-electron chi connectivity index (χ3n) is 4.51. The molecule has 1 N–H and O–H groups in total. The van der Waals surface area contributed by atoms with E-state index in [0.29, 0.717) is 11.4 Å². The van der Waals surface area contributed by atoms with Crippen LogP contribution in [0.5, 0.6) is 0 Å². The van der Waals surface area contributed by atoms with Crippen molar-refractivity contribution in [3.63, 3.8) is 0 Å². The molecule has 1 aromatic rings. The first-order valence-corrected chi connectivity index (χ1v) is 9.48. The van der Waals surface area contributed by atoms with Crippen LogP contribution in [0.3, 0.4) is 0 Å². The van der Waals surface area contributed by atoms with Crippen LogP contribution in [0.15, 0.2) is 27.6 Å². The predicted octanol–water partition coefficient (Wildman–Crippen LogP) is 2.91. The highest BCUT2D eigenvalue weighted by atomic mass is 79.9. The third kappa shape index (κ3) is 3.67. The number of hydrogen-bond donors (Lipinski definition) is 1. The number of likely N-dealkylation sites (N-methyl/N-ethyl adjacent to an activating group) is 1. The minimum absolute atomic E-state index is 0.0442. The van der Waals surface area contributed by atoms with Crippen molar-refractivity contribution in [3.05, 3.63) is 28.2 Å². The van der Waals surface area contributed by atoms with Gasteiger partial charge in [0.2, 0.25) is 10.0 Å². The van der Waals surface area contributed by atoms with Crippen LogP contribution < -0.4 is 4.72 Å². The first-order valence-electron chi connectivity index (χ1n) is 7.20. The van der Waals surface area contributed by atoms with Crippen molar-refractivity contribution >= 4 is 26.0 Å². The molecule has 1 fully saturated rings. The molecule has 0 spiro atoms. The number of rotatable bonds is 5. The lowest BCUT2D eigenvalue weighted by Gasteiger charge is -2.36. The molecular weight excluding hydrogens is 352 g/mol. The number of hydrogen-bond acceptors (Lipinski definition) is 3. The SMILES string of the molecule is Cc1cc(S(=O)(=O)NCC2(N(C)C)CCCC2)ccc1Br. The fourth-order valence-electron chi connectivity index (χ4n) is 2.91. The summed E-state index contributed by atoms with van der Waals surface area (Å²) in [6, 6.07) is 5.11. The standard InChI is InChI=1S/C15H23BrN2O2S/c1-12-10-13(6-7-14(12)16)21(19,20)17-11-15(18(2)3)8-4-5-9-15/h6-7,10,17H,4-5,8-9,11H2,1-3H3. The van der Waals surface area contributed by atoms with Crippen molar-refractivity contribution in [1.29, 1.82) is 0 Å². The van der Waals surface area contributed by atoms with Crippen LogP contribution in [0.25, 0.3) is 0 Å². The van der Waals surface area contributed by atoms with Crippen LogP contribution in [0.2, 0.25) is 0 Å². The van der Waals surface area contributed by atoms with Crippen LogP contribution in [0.4, 0.5) is 0 Å². The molecule has 2 rings (SSSR count). The molecule has 1 aliphatic rings. The number of aryl methyl sites for hydroxylation is 1. The van der Waals surface area contributed by atoms with E-state index < -0.39 is 10.0 Å². The Labute approximate surface area is 136 Å². The molecule has 0 radical (unpaired) electrons. The maximum Gasteiger partial charge on any atom is 0.240 e. The van der Waals surface area contributed by atoms with Crippen LogP contribution in [0, 0.1) is 6.92 Å². The first-order chi connectivity index (χ1) is 9.77. The molecule has 1 saturated carbocycles. The second kappa shape index (κ2) is 6.36. The minimum atomic E-state index is -3.46. The fourth-order valence-corrected chi connectivity index (χ4v) is 4.36. The van der Waals surface area contributed by atoms with Gasteiger partial charge in [-0.25, -0.2) is 13.1 Å². The highest BCUT2D eigenvalue weighted by molar-refractivity contribution is 9.10. The number of benzene rings is 1. The monoisotopic (exact) mass is 374 g/mol. The average molecular weight is 375 g/mol. The summed E-state index contributed by atoms with van der Waals surface area (Å²) in [4.78, 5) is 2.49. The molecule has 1 aromatic carbocycles. The van der Waals surface area contributed by atoms with Gasteiger partial charge in [-0.05, 0) is 57.6 Å². The smallest absolute Gasteiger partial charge is 0.240 e. The van der Waals surface area contributed by atoms with Crippen molar-refractivity contribution in [2.24, 2.45) is 0 Å². The van der Waals surface area contributed by atoms with E-state index in [1.165, 1.54) is 0 Å². The summed E-state index contributed by atoms with van der Waals surface area (Å²) in [5, 5.41) is 0. The summed E-state index contributed by atoms with van der Waals surface area (Å²) < 4.78 is 28.7. The zero-order valence-corrected chi connectivity index (χ0v) is 15.2. The zero-order chi connectivity index (χ0) is 15.7. The summed E-state index contributed by atoms with van der Waals surface area (Å²) in [6.45, 7) is 2.36. The Kier molecular flexibility index (Phi) is 5.13. The van der Waals surface area contributed by atoms with Gasteiger partial charge in [0.05, 0.1) is 4.90 Å². The van der Waals surface area contributed by atoms with E-state index in [1.807, 2.05) is 21.0 Å². The summed E-state index contributed by atoms with van der Waals surface area (Å²) in [5.74, 6) is 0. The molecule has 0 atom stereocenters. The van der Waals surface area contributed by atoms with E-state index >= 15 is 0 Å². The summed E-state index contributed by atoms with van der Waals surface area (Å²) in [7, 11) is 0.606. The molecule has 6 heteroatoms.